The standard InChI is InChI=1S/C9H15N3O2S/c1-6-3-8(6)4-11-15(13,14)9-5-10-7(2)12-9/h5-6,8,11H,3-4H2,1-2H3,(H,10,12). The monoisotopic (exact) mass is 229 g/mol. The largest absolute Gasteiger partial charge is 0.332 e. The van der Waals surface area contributed by atoms with Gasteiger partial charge in [-0.3, -0.25) is 0 Å². The Balaban J connectivity index is 2.00. The molecule has 1 fully saturated rings. The fourth-order valence-corrected chi connectivity index (χ4v) is 2.58. The third kappa shape index (κ3) is 2.38. The topological polar surface area (TPSA) is 74.8 Å². The SMILES string of the molecule is Cc1ncc(S(=O)(=O)NCC2CC2C)[nH]1. The molecule has 6 heteroatoms. The van der Waals surface area contributed by atoms with Crippen LogP contribution in [0, 0.1) is 18.8 Å². The molecule has 0 bridgehead atoms. The van der Waals surface area contributed by atoms with Crippen LogP contribution in [0.15, 0.2) is 11.2 Å². The van der Waals surface area contributed by atoms with Crippen molar-refractivity contribution in [3.8, 4) is 0 Å². The molecule has 5 nitrogen and oxygen atoms in total. The summed E-state index contributed by atoms with van der Waals surface area (Å²) in [7, 11) is -3.39. The van der Waals surface area contributed by atoms with Gasteiger partial charge in [-0.25, -0.2) is 18.1 Å². The number of rotatable bonds is 4. The lowest BCUT2D eigenvalue weighted by Gasteiger charge is -2.02. The molecule has 0 aliphatic heterocycles. The Morgan fingerprint density at radius 1 is 1.67 bits per heavy atom. The summed E-state index contributed by atoms with van der Waals surface area (Å²) in [5.74, 6) is 1.76. The molecule has 15 heavy (non-hydrogen) atoms. The quantitative estimate of drug-likeness (QED) is 0.796. The molecule has 1 aromatic rings. The van der Waals surface area contributed by atoms with E-state index in [0.717, 1.165) is 6.42 Å². The zero-order valence-corrected chi connectivity index (χ0v) is 9.63. The molecule has 2 unspecified atom stereocenters. The van der Waals surface area contributed by atoms with Gasteiger partial charge in [-0.2, -0.15) is 0 Å². The second kappa shape index (κ2) is 3.61. The Labute approximate surface area is 89.4 Å². The van der Waals surface area contributed by atoms with Gasteiger partial charge in [0.05, 0.1) is 6.20 Å². The fourth-order valence-electron chi connectivity index (χ4n) is 1.51. The van der Waals surface area contributed by atoms with E-state index in [2.05, 4.69) is 21.6 Å². The number of imidazole rings is 1. The van der Waals surface area contributed by atoms with Crippen molar-refractivity contribution < 1.29 is 8.42 Å². The van der Waals surface area contributed by atoms with Gasteiger partial charge in [0.2, 0.25) is 0 Å². The van der Waals surface area contributed by atoms with Crippen molar-refractivity contribution in [3.05, 3.63) is 12.0 Å². The first-order chi connectivity index (χ1) is 6.99. The first-order valence-corrected chi connectivity index (χ1v) is 6.48. The number of hydrogen-bond donors (Lipinski definition) is 2. The molecular formula is C9H15N3O2S. The van der Waals surface area contributed by atoms with Gasteiger partial charge in [0, 0.05) is 6.54 Å². The van der Waals surface area contributed by atoms with Crippen LogP contribution >= 0.6 is 0 Å². The van der Waals surface area contributed by atoms with Crippen LogP contribution in [0.5, 0.6) is 0 Å². The minimum atomic E-state index is -3.39. The van der Waals surface area contributed by atoms with Crippen LogP contribution in [0.1, 0.15) is 19.2 Å². The Bertz CT molecular complexity index is 452. The van der Waals surface area contributed by atoms with E-state index in [9.17, 15) is 8.42 Å². The van der Waals surface area contributed by atoms with Gasteiger partial charge in [-0.15, -0.1) is 0 Å². The van der Waals surface area contributed by atoms with Crippen molar-refractivity contribution in [2.45, 2.75) is 25.3 Å². The van der Waals surface area contributed by atoms with Gasteiger partial charge in [0.25, 0.3) is 10.0 Å². The van der Waals surface area contributed by atoms with Crippen LogP contribution in [0.4, 0.5) is 0 Å². The average molecular weight is 229 g/mol. The molecule has 1 heterocycles. The maximum atomic E-state index is 11.7. The van der Waals surface area contributed by atoms with E-state index in [1.54, 1.807) is 6.92 Å². The van der Waals surface area contributed by atoms with Gasteiger partial charge >= 0.3 is 0 Å². The minimum Gasteiger partial charge on any atom is -0.332 e. The van der Waals surface area contributed by atoms with E-state index in [0.29, 0.717) is 24.2 Å². The van der Waals surface area contributed by atoms with E-state index < -0.39 is 10.0 Å². The number of sulfonamides is 1. The normalized spacial score (nSPS) is 25.5. The highest BCUT2D eigenvalue weighted by Gasteiger charge is 2.33. The first-order valence-electron chi connectivity index (χ1n) is 5.00. The number of hydrogen-bond acceptors (Lipinski definition) is 3. The van der Waals surface area contributed by atoms with Crippen LogP contribution in [-0.4, -0.2) is 24.9 Å². The molecule has 1 aliphatic carbocycles. The van der Waals surface area contributed by atoms with Crippen molar-refractivity contribution in [2.24, 2.45) is 11.8 Å². The lowest BCUT2D eigenvalue weighted by atomic mass is 10.3. The highest BCUT2D eigenvalue weighted by molar-refractivity contribution is 7.89. The predicted octanol–water partition coefficient (Wildman–Crippen LogP) is 0.652. The lowest BCUT2D eigenvalue weighted by Crippen LogP contribution is -2.26. The van der Waals surface area contributed by atoms with Crippen LogP contribution in [0.3, 0.4) is 0 Å². The fraction of sp³-hybridized carbons (Fsp3) is 0.667. The van der Waals surface area contributed by atoms with Gasteiger partial charge in [0.15, 0.2) is 5.03 Å². The maximum Gasteiger partial charge on any atom is 0.257 e. The summed E-state index contributed by atoms with van der Waals surface area (Å²) in [6.07, 6.45) is 2.46. The molecular weight excluding hydrogens is 214 g/mol. The third-order valence-electron chi connectivity index (χ3n) is 2.78. The molecule has 1 aromatic heterocycles. The van der Waals surface area contributed by atoms with Gasteiger partial charge in [-0.05, 0) is 25.2 Å². The highest BCUT2D eigenvalue weighted by Crippen LogP contribution is 2.36. The van der Waals surface area contributed by atoms with Gasteiger partial charge in [0.1, 0.15) is 5.82 Å². The number of nitrogens with zero attached hydrogens (tertiary/aromatic N) is 1. The Kier molecular flexibility index (Phi) is 2.56. The Hall–Kier alpha value is -0.880. The van der Waals surface area contributed by atoms with Crippen molar-refractivity contribution in [3.63, 3.8) is 0 Å². The van der Waals surface area contributed by atoms with Crippen molar-refractivity contribution in [2.75, 3.05) is 6.54 Å². The summed E-state index contributed by atoms with van der Waals surface area (Å²) in [6.45, 7) is 4.38. The number of aryl methyl sites for hydroxylation is 1. The second-order valence-electron chi connectivity index (χ2n) is 4.16. The molecule has 0 saturated heterocycles. The number of aromatic amines is 1. The zero-order valence-electron chi connectivity index (χ0n) is 8.82. The van der Waals surface area contributed by atoms with Crippen molar-refractivity contribution in [1.82, 2.24) is 14.7 Å². The van der Waals surface area contributed by atoms with Gasteiger partial charge in [-0.1, -0.05) is 6.92 Å². The first kappa shape index (κ1) is 10.6. The van der Waals surface area contributed by atoms with E-state index >= 15 is 0 Å². The summed E-state index contributed by atoms with van der Waals surface area (Å²) in [5.41, 5.74) is 0. The molecule has 2 N–H and O–H groups in total. The highest BCUT2D eigenvalue weighted by atomic mass is 32.2. The molecule has 0 aromatic carbocycles. The summed E-state index contributed by atoms with van der Waals surface area (Å²) in [5, 5.41) is 0.147. The molecule has 0 amide bonds. The van der Waals surface area contributed by atoms with E-state index in [1.807, 2.05) is 0 Å². The molecule has 0 spiro atoms. The smallest absolute Gasteiger partial charge is 0.257 e. The summed E-state index contributed by atoms with van der Waals surface area (Å²) >= 11 is 0. The zero-order chi connectivity index (χ0) is 11.1. The Morgan fingerprint density at radius 2 is 2.33 bits per heavy atom. The maximum absolute atomic E-state index is 11.7. The van der Waals surface area contributed by atoms with Crippen molar-refractivity contribution >= 4 is 10.0 Å². The van der Waals surface area contributed by atoms with Crippen LogP contribution in [-0.2, 0) is 10.0 Å². The molecule has 1 saturated carbocycles. The number of nitrogens with one attached hydrogen (secondary N) is 2. The summed E-state index contributed by atoms with van der Waals surface area (Å²) in [4.78, 5) is 6.58. The van der Waals surface area contributed by atoms with Crippen LogP contribution < -0.4 is 4.72 Å². The van der Waals surface area contributed by atoms with Gasteiger partial charge < -0.3 is 4.98 Å². The number of H-pyrrole nitrogens is 1. The Morgan fingerprint density at radius 3 is 2.80 bits per heavy atom. The van der Waals surface area contributed by atoms with Crippen molar-refractivity contribution in [1.29, 1.82) is 0 Å². The second-order valence-corrected chi connectivity index (χ2v) is 5.89. The van der Waals surface area contributed by atoms with E-state index in [-0.39, 0.29) is 5.03 Å². The number of aromatic nitrogens is 2. The molecule has 2 atom stereocenters. The minimum absolute atomic E-state index is 0.147. The molecule has 84 valence electrons. The van der Waals surface area contributed by atoms with Crippen LogP contribution in [0.25, 0.3) is 0 Å². The average Bonchev–Trinajstić information content (AvgIpc) is 2.66. The lowest BCUT2D eigenvalue weighted by molar-refractivity contribution is 0.571. The van der Waals surface area contributed by atoms with E-state index in [4.69, 9.17) is 0 Å². The molecule has 2 rings (SSSR count). The van der Waals surface area contributed by atoms with E-state index in [1.165, 1.54) is 6.20 Å². The molecule has 1 aliphatic rings. The third-order valence-corrected chi connectivity index (χ3v) is 4.11. The summed E-state index contributed by atoms with van der Waals surface area (Å²) in [6, 6.07) is 0. The predicted molar refractivity (Wildman–Crippen MR) is 55.8 cm³/mol. The molecule has 0 radical (unpaired) electrons. The van der Waals surface area contributed by atoms with Crippen LogP contribution in [0.2, 0.25) is 0 Å². The summed E-state index contributed by atoms with van der Waals surface area (Å²) < 4.78 is 26.0.